The van der Waals surface area contributed by atoms with Crippen LogP contribution in [0.25, 0.3) is 10.6 Å². The van der Waals surface area contributed by atoms with Crippen LogP contribution in [0.1, 0.15) is 16.8 Å². The molecule has 5 heteroatoms. The molecule has 0 amide bonds. The number of nitrogens with zero attached hydrogens (tertiary/aromatic N) is 2. The SMILES string of the molecule is COCCN(C)Cc1ccc(-c2nc(CCl)cs2)cc1C. The van der Waals surface area contributed by atoms with Crippen LogP contribution >= 0.6 is 22.9 Å². The second-order valence-corrected chi connectivity index (χ2v) is 6.27. The molecule has 0 aliphatic carbocycles. The summed E-state index contributed by atoms with van der Waals surface area (Å²) in [7, 11) is 3.84. The Labute approximate surface area is 135 Å². The van der Waals surface area contributed by atoms with Crippen LogP contribution in [0.2, 0.25) is 0 Å². The van der Waals surface area contributed by atoms with Crippen LogP contribution in [-0.4, -0.2) is 37.2 Å². The summed E-state index contributed by atoms with van der Waals surface area (Å²) in [4.78, 5) is 6.80. The summed E-state index contributed by atoms with van der Waals surface area (Å²) < 4.78 is 5.11. The van der Waals surface area contributed by atoms with Gasteiger partial charge in [-0.15, -0.1) is 22.9 Å². The molecule has 3 nitrogen and oxygen atoms in total. The van der Waals surface area contributed by atoms with Crippen molar-refractivity contribution < 1.29 is 4.74 Å². The molecule has 0 fully saturated rings. The van der Waals surface area contributed by atoms with Crippen molar-refractivity contribution in [2.75, 3.05) is 27.3 Å². The largest absolute Gasteiger partial charge is 0.383 e. The monoisotopic (exact) mass is 324 g/mol. The zero-order valence-corrected chi connectivity index (χ0v) is 14.3. The van der Waals surface area contributed by atoms with Crippen LogP contribution < -0.4 is 0 Å². The van der Waals surface area contributed by atoms with Crippen molar-refractivity contribution in [1.82, 2.24) is 9.88 Å². The van der Waals surface area contributed by atoms with Gasteiger partial charge in [0, 0.05) is 31.1 Å². The highest BCUT2D eigenvalue weighted by Crippen LogP contribution is 2.26. The summed E-state index contributed by atoms with van der Waals surface area (Å²) in [6, 6.07) is 6.54. The summed E-state index contributed by atoms with van der Waals surface area (Å²) in [5.41, 5.74) is 4.74. The van der Waals surface area contributed by atoms with Gasteiger partial charge in [-0.25, -0.2) is 4.98 Å². The summed E-state index contributed by atoms with van der Waals surface area (Å²) >= 11 is 7.46. The van der Waals surface area contributed by atoms with E-state index in [1.165, 1.54) is 11.1 Å². The lowest BCUT2D eigenvalue weighted by Gasteiger charge is -2.17. The maximum atomic E-state index is 5.81. The van der Waals surface area contributed by atoms with Crippen LogP contribution in [-0.2, 0) is 17.2 Å². The lowest BCUT2D eigenvalue weighted by molar-refractivity contribution is 0.158. The van der Waals surface area contributed by atoms with Crippen LogP contribution in [0, 0.1) is 6.92 Å². The number of hydrogen-bond acceptors (Lipinski definition) is 4. The van der Waals surface area contributed by atoms with E-state index in [2.05, 4.69) is 42.1 Å². The van der Waals surface area contributed by atoms with Gasteiger partial charge in [0.25, 0.3) is 0 Å². The number of ether oxygens (including phenoxy) is 1. The molecule has 0 radical (unpaired) electrons. The Morgan fingerprint density at radius 2 is 2.19 bits per heavy atom. The first-order valence-corrected chi connectivity index (χ1v) is 8.33. The van der Waals surface area contributed by atoms with Gasteiger partial charge in [0.15, 0.2) is 0 Å². The van der Waals surface area contributed by atoms with Crippen molar-refractivity contribution in [1.29, 1.82) is 0 Å². The second kappa shape index (κ2) is 7.90. The van der Waals surface area contributed by atoms with Gasteiger partial charge >= 0.3 is 0 Å². The summed E-state index contributed by atoms with van der Waals surface area (Å²) in [5.74, 6) is 0.470. The van der Waals surface area contributed by atoms with E-state index in [4.69, 9.17) is 16.3 Å². The molecule has 0 aliphatic heterocycles. The number of thiazole rings is 1. The normalized spacial score (nSPS) is 11.3. The Bertz CT molecular complexity index is 585. The Morgan fingerprint density at radius 1 is 1.38 bits per heavy atom. The topological polar surface area (TPSA) is 25.4 Å². The van der Waals surface area contributed by atoms with Crippen LogP contribution in [0.15, 0.2) is 23.6 Å². The number of aromatic nitrogens is 1. The minimum atomic E-state index is 0.470. The summed E-state index contributed by atoms with van der Waals surface area (Å²) in [6.07, 6.45) is 0. The fraction of sp³-hybridized carbons (Fsp3) is 0.438. The van der Waals surface area contributed by atoms with Crippen molar-refractivity contribution in [2.24, 2.45) is 0 Å². The van der Waals surface area contributed by atoms with Gasteiger partial charge in [0.05, 0.1) is 18.2 Å². The fourth-order valence-electron chi connectivity index (χ4n) is 2.12. The minimum absolute atomic E-state index is 0.470. The van der Waals surface area contributed by atoms with E-state index in [-0.39, 0.29) is 0 Å². The van der Waals surface area contributed by atoms with Gasteiger partial charge in [0.1, 0.15) is 5.01 Å². The third-order valence-electron chi connectivity index (χ3n) is 3.40. The molecule has 0 spiro atoms. The number of aryl methyl sites for hydroxylation is 1. The van der Waals surface area contributed by atoms with E-state index < -0.39 is 0 Å². The van der Waals surface area contributed by atoms with E-state index in [1.807, 2.05) is 5.38 Å². The minimum Gasteiger partial charge on any atom is -0.383 e. The van der Waals surface area contributed by atoms with E-state index in [0.29, 0.717) is 5.88 Å². The zero-order chi connectivity index (χ0) is 15.2. The highest BCUT2D eigenvalue weighted by atomic mass is 35.5. The summed E-state index contributed by atoms with van der Waals surface area (Å²) in [6.45, 7) is 4.77. The molecule has 0 saturated heterocycles. The van der Waals surface area contributed by atoms with Crippen LogP contribution in [0.5, 0.6) is 0 Å². The number of hydrogen-bond donors (Lipinski definition) is 0. The van der Waals surface area contributed by atoms with Crippen molar-refractivity contribution in [2.45, 2.75) is 19.3 Å². The van der Waals surface area contributed by atoms with Crippen molar-refractivity contribution in [3.8, 4) is 10.6 Å². The van der Waals surface area contributed by atoms with Gasteiger partial charge in [0.2, 0.25) is 0 Å². The molecule has 0 saturated carbocycles. The maximum absolute atomic E-state index is 5.81. The number of benzene rings is 1. The number of halogens is 1. The highest BCUT2D eigenvalue weighted by molar-refractivity contribution is 7.13. The van der Waals surface area contributed by atoms with Gasteiger partial charge in [-0.1, -0.05) is 12.1 Å². The standard InChI is InChI=1S/C16H21ClN2OS/c1-12-8-13(16-18-15(9-17)11-21-16)4-5-14(12)10-19(2)6-7-20-3/h4-5,8,11H,6-7,9-10H2,1-3H3. The molecule has 1 aromatic heterocycles. The number of likely N-dealkylation sites (N-methyl/N-ethyl adjacent to an activating group) is 1. The number of rotatable bonds is 7. The van der Waals surface area contributed by atoms with E-state index >= 15 is 0 Å². The fourth-order valence-corrected chi connectivity index (χ4v) is 3.17. The molecule has 114 valence electrons. The third-order valence-corrected chi connectivity index (χ3v) is 4.61. The molecule has 0 bridgehead atoms. The van der Waals surface area contributed by atoms with E-state index in [1.54, 1.807) is 18.4 Å². The van der Waals surface area contributed by atoms with Crippen LogP contribution in [0.4, 0.5) is 0 Å². The smallest absolute Gasteiger partial charge is 0.123 e. The average Bonchev–Trinajstić information content (AvgIpc) is 2.96. The quantitative estimate of drug-likeness (QED) is 0.721. The van der Waals surface area contributed by atoms with Crippen molar-refractivity contribution >= 4 is 22.9 Å². The van der Waals surface area contributed by atoms with Gasteiger partial charge in [-0.3, -0.25) is 4.90 Å². The first-order valence-electron chi connectivity index (χ1n) is 6.91. The molecule has 0 aliphatic rings. The first kappa shape index (κ1) is 16.4. The Hall–Kier alpha value is -0.940. The predicted molar refractivity (Wildman–Crippen MR) is 90.1 cm³/mol. The number of methoxy groups -OCH3 is 1. The molecular formula is C16H21ClN2OS. The first-order chi connectivity index (χ1) is 10.1. The molecule has 21 heavy (non-hydrogen) atoms. The van der Waals surface area contributed by atoms with Gasteiger partial charge in [-0.05, 0) is 31.2 Å². The molecule has 1 heterocycles. The van der Waals surface area contributed by atoms with Crippen molar-refractivity contribution in [3.63, 3.8) is 0 Å². The zero-order valence-electron chi connectivity index (χ0n) is 12.7. The molecule has 2 aromatic rings. The molecule has 0 atom stereocenters. The molecule has 0 N–H and O–H groups in total. The molecule has 2 rings (SSSR count). The van der Waals surface area contributed by atoms with Gasteiger partial charge < -0.3 is 4.74 Å². The lowest BCUT2D eigenvalue weighted by atomic mass is 10.0. The van der Waals surface area contributed by atoms with Gasteiger partial charge in [-0.2, -0.15) is 0 Å². The van der Waals surface area contributed by atoms with Crippen LogP contribution in [0.3, 0.4) is 0 Å². The maximum Gasteiger partial charge on any atom is 0.123 e. The Kier molecular flexibility index (Phi) is 6.18. The summed E-state index contributed by atoms with van der Waals surface area (Å²) in [5, 5.41) is 3.05. The molecule has 0 unspecified atom stereocenters. The average molecular weight is 325 g/mol. The Morgan fingerprint density at radius 3 is 2.81 bits per heavy atom. The van der Waals surface area contributed by atoms with Crippen molar-refractivity contribution in [3.05, 3.63) is 40.4 Å². The second-order valence-electron chi connectivity index (χ2n) is 5.15. The van der Waals surface area contributed by atoms with E-state index in [0.717, 1.165) is 36.0 Å². The third kappa shape index (κ3) is 4.51. The van der Waals surface area contributed by atoms with E-state index in [9.17, 15) is 0 Å². The lowest BCUT2D eigenvalue weighted by Crippen LogP contribution is -2.22. The Balaban J connectivity index is 2.10. The molecular weight excluding hydrogens is 304 g/mol. The highest BCUT2D eigenvalue weighted by Gasteiger charge is 2.08. The molecule has 1 aromatic carbocycles. The predicted octanol–water partition coefficient (Wildman–Crippen LogP) is 3.94. The number of alkyl halides is 1.